The fourth-order valence-corrected chi connectivity index (χ4v) is 1.70. The molecule has 2 rings (SSSR count). The van der Waals surface area contributed by atoms with Crippen molar-refractivity contribution in [3.8, 4) is 5.75 Å². The van der Waals surface area contributed by atoms with Crippen molar-refractivity contribution in [1.82, 2.24) is 4.90 Å². The molecule has 1 heterocycles. The highest BCUT2D eigenvalue weighted by Crippen LogP contribution is 2.16. The molecule has 0 bridgehead atoms. The lowest BCUT2D eigenvalue weighted by Gasteiger charge is -2.11. The zero-order chi connectivity index (χ0) is 12.3. The van der Waals surface area contributed by atoms with Crippen LogP contribution in [0.4, 0.5) is 10.5 Å². The predicted octanol–water partition coefficient (Wildman–Crippen LogP) is 1.67. The van der Waals surface area contributed by atoms with E-state index in [1.165, 1.54) is 0 Å². The molecule has 1 amide bonds. The van der Waals surface area contributed by atoms with E-state index in [0.717, 1.165) is 11.4 Å². The molecule has 1 aromatic carbocycles. The van der Waals surface area contributed by atoms with Gasteiger partial charge in [-0.05, 0) is 24.3 Å². The molecule has 1 aliphatic rings. The van der Waals surface area contributed by atoms with Crippen molar-refractivity contribution in [3.63, 3.8) is 0 Å². The zero-order valence-corrected chi connectivity index (χ0v) is 11.5. The molecule has 1 fully saturated rings. The first-order valence-corrected chi connectivity index (χ1v) is 5.48. The van der Waals surface area contributed by atoms with Gasteiger partial charge in [-0.25, -0.2) is 4.79 Å². The number of likely N-dealkylation sites (N-methyl/N-ethyl adjacent to an activating group) is 1. The summed E-state index contributed by atoms with van der Waals surface area (Å²) in [5, 5.41) is 3.22. The first-order valence-electron chi connectivity index (χ1n) is 5.48. The van der Waals surface area contributed by atoms with Crippen molar-refractivity contribution in [2.45, 2.75) is 6.10 Å². The van der Waals surface area contributed by atoms with E-state index < -0.39 is 0 Å². The van der Waals surface area contributed by atoms with Crippen molar-refractivity contribution in [1.29, 1.82) is 0 Å². The number of hydrogen-bond acceptors (Lipinski definition) is 4. The third kappa shape index (κ3) is 3.46. The molecule has 0 saturated carbocycles. The van der Waals surface area contributed by atoms with Crippen molar-refractivity contribution >= 4 is 25.3 Å². The van der Waals surface area contributed by atoms with Gasteiger partial charge in [0.1, 0.15) is 11.9 Å². The van der Waals surface area contributed by atoms with E-state index in [1.807, 2.05) is 24.3 Å². The fraction of sp³-hybridized carbons (Fsp3) is 0.417. The number of methoxy groups -OCH3 is 1. The molecule has 0 aromatic heterocycles. The molecule has 0 radical (unpaired) electrons. The number of carbonyl (C=O) groups is 1. The molecule has 18 heavy (non-hydrogen) atoms. The standard InChI is InChI=1S/C12H16N2O3.H2S/c1-14-8-11(17-12(14)15)7-13-9-3-5-10(16-2)6-4-9;/h3-6,11,13H,7-8H2,1-2H3;1H2/t11-;/m0./s1. The average Bonchev–Trinajstić information content (AvgIpc) is 2.67. The van der Waals surface area contributed by atoms with Gasteiger partial charge in [0.15, 0.2) is 0 Å². The van der Waals surface area contributed by atoms with Crippen LogP contribution in [0.5, 0.6) is 5.75 Å². The summed E-state index contributed by atoms with van der Waals surface area (Å²) in [6.07, 6.45) is -0.346. The normalized spacial score (nSPS) is 18.0. The highest BCUT2D eigenvalue weighted by atomic mass is 32.1. The molecule has 1 atom stereocenters. The molecule has 5 nitrogen and oxygen atoms in total. The Balaban J connectivity index is 0.00000162. The van der Waals surface area contributed by atoms with Crippen molar-refractivity contribution in [3.05, 3.63) is 24.3 Å². The molecule has 100 valence electrons. The molecule has 1 N–H and O–H groups in total. The molecular formula is C12H18N2O3S. The number of nitrogens with one attached hydrogen (secondary N) is 1. The topological polar surface area (TPSA) is 50.8 Å². The smallest absolute Gasteiger partial charge is 0.410 e. The monoisotopic (exact) mass is 270 g/mol. The highest BCUT2D eigenvalue weighted by Gasteiger charge is 2.27. The molecule has 0 unspecified atom stereocenters. The number of ether oxygens (including phenoxy) is 2. The van der Waals surface area contributed by atoms with Crippen LogP contribution in [0.25, 0.3) is 0 Å². The van der Waals surface area contributed by atoms with E-state index in [0.29, 0.717) is 13.1 Å². The van der Waals surface area contributed by atoms with E-state index in [2.05, 4.69) is 5.32 Å². The Morgan fingerprint density at radius 3 is 2.61 bits per heavy atom. The van der Waals surface area contributed by atoms with Gasteiger partial charge in [0, 0.05) is 12.7 Å². The molecule has 1 aliphatic heterocycles. The Bertz CT molecular complexity index is 397. The maximum absolute atomic E-state index is 11.1. The van der Waals surface area contributed by atoms with Crippen LogP contribution in [0.3, 0.4) is 0 Å². The molecule has 0 spiro atoms. The lowest BCUT2D eigenvalue weighted by Crippen LogP contribution is -2.24. The summed E-state index contributed by atoms with van der Waals surface area (Å²) in [5.74, 6) is 0.822. The van der Waals surface area contributed by atoms with Crippen molar-refractivity contribution < 1.29 is 14.3 Å². The predicted molar refractivity (Wildman–Crippen MR) is 74.8 cm³/mol. The lowest BCUT2D eigenvalue weighted by atomic mass is 10.3. The van der Waals surface area contributed by atoms with Crippen LogP contribution in [0.1, 0.15) is 0 Å². The second-order valence-electron chi connectivity index (χ2n) is 4.00. The summed E-state index contributed by atoms with van der Waals surface area (Å²) in [5.41, 5.74) is 0.983. The Morgan fingerprint density at radius 2 is 2.11 bits per heavy atom. The van der Waals surface area contributed by atoms with Gasteiger partial charge < -0.3 is 19.7 Å². The number of nitrogens with zero attached hydrogens (tertiary/aromatic N) is 1. The molecule has 1 saturated heterocycles. The van der Waals surface area contributed by atoms with Crippen LogP contribution >= 0.6 is 13.5 Å². The first-order chi connectivity index (χ1) is 8.19. The Labute approximate surface area is 114 Å². The number of rotatable bonds is 4. The Kier molecular flexibility index (Phi) is 5.15. The summed E-state index contributed by atoms with van der Waals surface area (Å²) in [6.45, 7) is 1.24. The van der Waals surface area contributed by atoms with E-state index in [4.69, 9.17) is 9.47 Å². The minimum absolute atomic E-state index is 0. The number of benzene rings is 1. The second kappa shape index (κ2) is 6.39. The maximum Gasteiger partial charge on any atom is 0.410 e. The lowest BCUT2D eigenvalue weighted by molar-refractivity contribution is 0.138. The number of carbonyl (C=O) groups excluding carboxylic acids is 1. The SMILES string of the molecule is COc1ccc(NC[C@H]2CN(C)C(=O)O2)cc1.S. The third-order valence-corrected chi connectivity index (χ3v) is 2.68. The molecular weight excluding hydrogens is 252 g/mol. The number of anilines is 1. The van der Waals surface area contributed by atoms with Crippen molar-refractivity contribution in [2.75, 3.05) is 32.6 Å². The van der Waals surface area contributed by atoms with Gasteiger partial charge in [-0.1, -0.05) is 0 Å². The summed E-state index contributed by atoms with van der Waals surface area (Å²) in [4.78, 5) is 12.7. The fourth-order valence-electron chi connectivity index (χ4n) is 1.70. The van der Waals surface area contributed by atoms with Gasteiger partial charge in [-0.15, -0.1) is 0 Å². The van der Waals surface area contributed by atoms with Crippen molar-refractivity contribution in [2.24, 2.45) is 0 Å². The van der Waals surface area contributed by atoms with Gasteiger partial charge in [-0.2, -0.15) is 13.5 Å². The van der Waals surface area contributed by atoms with E-state index in [9.17, 15) is 4.79 Å². The summed E-state index contributed by atoms with van der Waals surface area (Å²) in [6, 6.07) is 7.63. The van der Waals surface area contributed by atoms with Crippen LogP contribution in [0.2, 0.25) is 0 Å². The van der Waals surface area contributed by atoms with Crippen LogP contribution in [-0.2, 0) is 4.74 Å². The summed E-state index contributed by atoms with van der Waals surface area (Å²) >= 11 is 0. The number of cyclic esters (lactones) is 1. The van der Waals surface area contributed by atoms with Gasteiger partial charge in [-0.3, -0.25) is 0 Å². The average molecular weight is 270 g/mol. The van der Waals surface area contributed by atoms with Crippen LogP contribution in [-0.4, -0.2) is 44.3 Å². The Morgan fingerprint density at radius 1 is 1.44 bits per heavy atom. The van der Waals surface area contributed by atoms with Crippen LogP contribution in [0.15, 0.2) is 24.3 Å². The maximum atomic E-state index is 11.1. The molecule has 0 aliphatic carbocycles. The Hall–Kier alpha value is -1.56. The van der Waals surface area contributed by atoms with E-state index in [1.54, 1.807) is 19.1 Å². The largest absolute Gasteiger partial charge is 0.497 e. The van der Waals surface area contributed by atoms with E-state index in [-0.39, 0.29) is 25.7 Å². The zero-order valence-electron chi connectivity index (χ0n) is 10.5. The van der Waals surface area contributed by atoms with Gasteiger partial charge >= 0.3 is 6.09 Å². The third-order valence-electron chi connectivity index (χ3n) is 2.68. The van der Waals surface area contributed by atoms with Gasteiger partial charge in [0.25, 0.3) is 0 Å². The van der Waals surface area contributed by atoms with Crippen LogP contribution in [0, 0.1) is 0 Å². The van der Waals surface area contributed by atoms with Gasteiger partial charge in [0.05, 0.1) is 20.2 Å². The molecule has 6 heteroatoms. The quantitative estimate of drug-likeness (QED) is 0.904. The van der Waals surface area contributed by atoms with E-state index >= 15 is 0 Å². The number of amides is 1. The minimum Gasteiger partial charge on any atom is -0.497 e. The van der Waals surface area contributed by atoms with Gasteiger partial charge in [0.2, 0.25) is 0 Å². The molecule has 1 aromatic rings. The number of hydrogen-bond donors (Lipinski definition) is 1. The summed E-state index contributed by atoms with van der Waals surface area (Å²) < 4.78 is 10.2. The summed E-state index contributed by atoms with van der Waals surface area (Å²) in [7, 11) is 3.37. The second-order valence-corrected chi connectivity index (χ2v) is 4.00. The first kappa shape index (κ1) is 14.5. The minimum atomic E-state index is -0.258. The highest BCUT2D eigenvalue weighted by molar-refractivity contribution is 7.59. The van der Waals surface area contributed by atoms with Crippen LogP contribution < -0.4 is 10.1 Å².